The van der Waals surface area contributed by atoms with Crippen LogP contribution in [0.2, 0.25) is 0 Å². The Labute approximate surface area is 90.2 Å². The molecule has 0 heterocycles. The predicted octanol–water partition coefficient (Wildman–Crippen LogP) is 3.02. The lowest BCUT2D eigenvalue weighted by molar-refractivity contribution is 0.307. The van der Waals surface area contributed by atoms with Crippen molar-refractivity contribution >= 4 is 0 Å². The molecule has 1 aromatic carbocycles. The van der Waals surface area contributed by atoms with Crippen molar-refractivity contribution in [3.8, 4) is 5.75 Å². The maximum Gasteiger partial charge on any atom is 0.131 e. The van der Waals surface area contributed by atoms with E-state index in [4.69, 9.17) is 10.5 Å². The number of nitrogens with two attached hydrogens (primary N) is 1. The molecule has 0 saturated heterocycles. The van der Waals surface area contributed by atoms with Crippen molar-refractivity contribution in [3.63, 3.8) is 0 Å². The van der Waals surface area contributed by atoms with E-state index in [1.54, 1.807) is 19.1 Å². The van der Waals surface area contributed by atoms with Gasteiger partial charge >= 0.3 is 0 Å². The summed E-state index contributed by atoms with van der Waals surface area (Å²) in [6.45, 7) is 4.48. The zero-order valence-electron chi connectivity index (χ0n) is 9.29. The van der Waals surface area contributed by atoms with Crippen molar-refractivity contribution in [3.05, 3.63) is 29.6 Å². The number of halogens is 1. The van der Waals surface area contributed by atoms with E-state index in [2.05, 4.69) is 6.92 Å². The van der Waals surface area contributed by atoms with Crippen molar-refractivity contribution in [1.82, 2.24) is 0 Å². The normalized spacial score (nSPS) is 12.5. The first-order valence-electron chi connectivity index (χ1n) is 5.33. The van der Waals surface area contributed by atoms with Gasteiger partial charge in [0, 0.05) is 17.7 Å². The molecule has 84 valence electrons. The van der Waals surface area contributed by atoms with Gasteiger partial charge in [-0.1, -0.05) is 19.4 Å². The minimum Gasteiger partial charge on any atom is -0.493 e. The number of benzene rings is 1. The summed E-state index contributed by atoms with van der Waals surface area (Å²) in [7, 11) is 0. The molecular weight excluding hydrogens is 193 g/mol. The molecule has 2 N–H and O–H groups in total. The van der Waals surface area contributed by atoms with Crippen LogP contribution in [0.5, 0.6) is 5.75 Å². The molecule has 0 amide bonds. The summed E-state index contributed by atoms with van der Waals surface area (Å²) in [6.07, 6.45) is 2.05. The van der Waals surface area contributed by atoms with E-state index in [0.29, 0.717) is 17.9 Å². The van der Waals surface area contributed by atoms with Crippen LogP contribution in [0.25, 0.3) is 0 Å². The van der Waals surface area contributed by atoms with E-state index in [-0.39, 0.29) is 11.9 Å². The van der Waals surface area contributed by atoms with Gasteiger partial charge in [0.1, 0.15) is 11.6 Å². The molecule has 2 nitrogen and oxygen atoms in total. The molecule has 0 spiro atoms. The second kappa shape index (κ2) is 5.71. The third kappa shape index (κ3) is 3.51. The first-order chi connectivity index (χ1) is 7.15. The maximum atomic E-state index is 13.5. The molecule has 1 atom stereocenters. The van der Waals surface area contributed by atoms with E-state index in [0.717, 1.165) is 12.8 Å². The summed E-state index contributed by atoms with van der Waals surface area (Å²) < 4.78 is 18.8. The van der Waals surface area contributed by atoms with E-state index in [1.165, 1.54) is 6.07 Å². The highest BCUT2D eigenvalue weighted by Gasteiger charge is 2.07. The minimum atomic E-state index is -0.293. The highest BCUT2D eigenvalue weighted by Crippen LogP contribution is 2.20. The van der Waals surface area contributed by atoms with Crippen LogP contribution in [0.3, 0.4) is 0 Å². The van der Waals surface area contributed by atoms with E-state index in [1.807, 2.05) is 0 Å². The molecule has 3 heteroatoms. The Balaban J connectivity index is 2.65. The van der Waals surface area contributed by atoms with E-state index in [9.17, 15) is 4.39 Å². The van der Waals surface area contributed by atoms with Crippen molar-refractivity contribution in [2.45, 2.75) is 32.7 Å². The molecule has 1 aromatic rings. The summed E-state index contributed by atoms with van der Waals surface area (Å²) in [5.74, 6) is 0.282. The molecular formula is C12H18FNO. The van der Waals surface area contributed by atoms with Gasteiger partial charge in [0.2, 0.25) is 0 Å². The standard InChI is InChI=1S/C12H18FNO/c1-3-4-7-15-10-5-6-11(9(2)14)12(13)8-10/h5-6,8-9H,3-4,7,14H2,1-2H3/t9-/m0/s1. The minimum absolute atomic E-state index is 0.283. The van der Waals surface area contributed by atoms with Crippen LogP contribution < -0.4 is 10.5 Å². The molecule has 0 aromatic heterocycles. The highest BCUT2D eigenvalue weighted by molar-refractivity contribution is 5.30. The molecule has 15 heavy (non-hydrogen) atoms. The monoisotopic (exact) mass is 211 g/mol. The SMILES string of the molecule is CCCCOc1ccc([C@H](C)N)c(F)c1. The van der Waals surface area contributed by atoms with E-state index >= 15 is 0 Å². The quantitative estimate of drug-likeness (QED) is 0.760. The lowest BCUT2D eigenvalue weighted by atomic mass is 10.1. The largest absolute Gasteiger partial charge is 0.493 e. The fraction of sp³-hybridized carbons (Fsp3) is 0.500. The van der Waals surface area contributed by atoms with Crippen LogP contribution in [-0.4, -0.2) is 6.61 Å². The molecule has 0 aliphatic heterocycles. The molecule has 1 rings (SSSR count). The van der Waals surface area contributed by atoms with Gasteiger partial charge in [-0.15, -0.1) is 0 Å². The van der Waals surface area contributed by atoms with Crippen LogP contribution in [0.1, 0.15) is 38.3 Å². The topological polar surface area (TPSA) is 35.2 Å². The van der Waals surface area contributed by atoms with Crippen molar-refractivity contribution in [2.75, 3.05) is 6.61 Å². The summed E-state index contributed by atoms with van der Waals surface area (Å²) in [5, 5.41) is 0. The zero-order chi connectivity index (χ0) is 11.3. The van der Waals surface area contributed by atoms with Gasteiger partial charge in [0.25, 0.3) is 0 Å². The molecule has 0 bridgehead atoms. The number of hydrogen-bond acceptors (Lipinski definition) is 2. The second-order valence-corrected chi connectivity index (χ2v) is 3.67. The fourth-order valence-electron chi connectivity index (χ4n) is 1.30. The Kier molecular flexibility index (Phi) is 4.56. The van der Waals surface area contributed by atoms with Gasteiger partial charge in [0.15, 0.2) is 0 Å². The third-order valence-corrected chi connectivity index (χ3v) is 2.23. The van der Waals surface area contributed by atoms with Crippen molar-refractivity contribution < 1.29 is 9.13 Å². The number of rotatable bonds is 5. The van der Waals surface area contributed by atoms with Crippen LogP contribution in [0.15, 0.2) is 18.2 Å². The van der Waals surface area contributed by atoms with Crippen LogP contribution in [0.4, 0.5) is 4.39 Å². The Morgan fingerprint density at radius 2 is 2.20 bits per heavy atom. The Hall–Kier alpha value is -1.09. The predicted molar refractivity (Wildman–Crippen MR) is 59.4 cm³/mol. The average Bonchev–Trinajstić information content (AvgIpc) is 2.17. The van der Waals surface area contributed by atoms with Gasteiger partial charge in [-0.3, -0.25) is 0 Å². The summed E-state index contributed by atoms with van der Waals surface area (Å²) >= 11 is 0. The molecule has 0 saturated carbocycles. The van der Waals surface area contributed by atoms with Gasteiger partial charge in [-0.25, -0.2) is 4.39 Å². The van der Waals surface area contributed by atoms with Gasteiger partial charge in [0.05, 0.1) is 6.61 Å². The van der Waals surface area contributed by atoms with Crippen LogP contribution in [0, 0.1) is 5.82 Å². The van der Waals surface area contributed by atoms with Gasteiger partial charge in [-0.2, -0.15) is 0 Å². The number of unbranched alkanes of at least 4 members (excludes halogenated alkanes) is 1. The fourth-order valence-corrected chi connectivity index (χ4v) is 1.30. The summed E-state index contributed by atoms with van der Waals surface area (Å²) in [5.41, 5.74) is 6.13. The van der Waals surface area contributed by atoms with Gasteiger partial charge in [-0.05, 0) is 19.4 Å². The lowest BCUT2D eigenvalue weighted by Crippen LogP contribution is -2.07. The van der Waals surface area contributed by atoms with E-state index < -0.39 is 0 Å². The third-order valence-electron chi connectivity index (χ3n) is 2.23. The zero-order valence-corrected chi connectivity index (χ0v) is 9.29. The molecule has 0 radical (unpaired) electrons. The maximum absolute atomic E-state index is 13.5. The van der Waals surface area contributed by atoms with Gasteiger partial charge < -0.3 is 10.5 Å². The van der Waals surface area contributed by atoms with Crippen LogP contribution >= 0.6 is 0 Å². The molecule has 0 aliphatic carbocycles. The van der Waals surface area contributed by atoms with Crippen LogP contribution in [-0.2, 0) is 0 Å². The van der Waals surface area contributed by atoms with Crippen molar-refractivity contribution in [2.24, 2.45) is 5.73 Å². The summed E-state index contributed by atoms with van der Waals surface area (Å²) in [4.78, 5) is 0. The molecule has 0 unspecified atom stereocenters. The number of hydrogen-bond donors (Lipinski definition) is 1. The Morgan fingerprint density at radius 3 is 2.73 bits per heavy atom. The number of ether oxygens (including phenoxy) is 1. The Morgan fingerprint density at radius 1 is 1.47 bits per heavy atom. The van der Waals surface area contributed by atoms with Crippen molar-refractivity contribution in [1.29, 1.82) is 0 Å². The highest BCUT2D eigenvalue weighted by atomic mass is 19.1. The summed E-state index contributed by atoms with van der Waals surface area (Å²) in [6, 6.07) is 4.56. The first kappa shape index (κ1) is 12.0. The molecule has 0 fully saturated rings. The first-order valence-corrected chi connectivity index (χ1v) is 5.33. The molecule has 0 aliphatic rings. The average molecular weight is 211 g/mol. The lowest BCUT2D eigenvalue weighted by Gasteiger charge is -2.10. The smallest absolute Gasteiger partial charge is 0.131 e. The second-order valence-electron chi connectivity index (χ2n) is 3.67. The Bertz CT molecular complexity index is 312.